The molecule has 12 nitrogen and oxygen atoms in total. The monoisotopic (exact) mass is 563 g/mol. The first-order chi connectivity index (χ1) is 19.9. The molecule has 0 unspecified atom stereocenters. The number of aromatic amines is 1. The number of ether oxygens (including phenoxy) is 2. The molecule has 0 saturated carbocycles. The molecule has 0 aliphatic carbocycles. The van der Waals surface area contributed by atoms with Gasteiger partial charge in [0.1, 0.15) is 22.8 Å². The summed E-state index contributed by atoms with van der Waals surface area (Å²) in [7, 11) is 3.12. The van der Waals surface area contributed by atoms with Crippen LogP contribution in [0.15, 0.2) is 36.5 Å². The second-order valence-corrected chi connectivity index (χ2v) is 9.89. The van der Waals surface area contributed by atoms with Gasteiger partial charge in [0.05, 0.1) is 25.8 Å². The Hall–Kier alpha value is -4.88. The van der Waals surface area contributed by atoms with E-state index in [0.29, 0.717) is 30.3 Å². The Balaban J connectivity index is 1.38. The van der Waals surface area contributed by atoms with E-state index in [1.165, 1.54) is 16.8 Å². The number of H-pyrrole nitrogens is 1. The minimum Gasteiger partial charge on any atom is -0.497 e. The highest BCUT2D eigenvalue weighted by Gasteiger charge is 2.33. The number of carbonyl (C=O) groups is 1. The molecule has 2 atom stereocenters. The molecule has 2 N–H and O–H groups in total. The fourth-order valence-electron chi connectivity index (χ4n) is 5.17. The third-order valence-electron chi connectivity index (χ3n) is 7.38. The van der Waals surface area contributed by atoms with E-state index < -0.39 is 11.6 Å². The number of hydrogen-bond acceptors (Lipinski definition) is 9. The number of nitrogens with one attached hydrogen (secondary N) is 2. The van der Waals surface area contributed by atoms with E-state index in [2.05, 4.69) is 25.7 Å². The maximum Gasteiger partial charge on any atom is 0.276 e. The molecule has 41 heavy (non-hydrogen) atoms. The maximum absolute atomic E-state index is 14.9. The molecule has 0 bridgehead atoms. The second kappa shape index (κ2) is 10.6. The normalized spacial score (nSPS) is 17.2. The van der Waals surface area contributed by atoms with Gasteiger partial charge in [-0.3, -0.25) is 4.79 Å². The van der Waals surface area contributed by atoms with Crippen molar-refractivity contribution in [2.24, 2.45) is 0 Å². The second-order valence-electron chi connectivity index (χ2n) is 9.89. The average Bonchev–Trinajstić information content (AvgIpc) is 3.67. The number of methoxy groups -OCH3 is 2. The Bertz CT molecular complexity index is 1740. The fraction of sp³-hybridized carbons (Fsp3) is 0.333. The number of likely N-dealkylation sites (tertiary alicyclic amines) is 1. The van der Waals surface area contributed by atoms with Crippen LogP contribution in [0.4, 0.5) is 14.7 Å². The first-order valence-electron chi connectivity index (χ1n) is 13.0. The van der Waals surface area contributed by atoms with Crippen molar-refractivity contribution < 1.29 is 23.0 Å². The van der Waals surface area contributed by atoms with Gasteiger partial charge in [0.15, 0.2) is 23.0 Å². The summed E-state index contributed by atoms with van der Waals surface area (Å²) in [6, 6.07) is 7.36. The van der Waals surface area contributed by atoms with E-state index in [-0.39, 0.29) is 52.6 Å². The predicted octanol–water partition coefficient (Wildman–Crippen LogP) is 3.71. The Morgan fingerprint density at radius 2 is 2.00 bits per heavy atom. The number of fused-ring (bicyclic) bond motifs is 3. The first-order valence-corrected chi connectivity index (χ1v) is 13.0. The Labute approximate surface area is 232 Å². The van der Waals surface area contributed by atoms with E-state index >= 15 is 0 Å². The van der Waals surface area contributed by atoms with Gasteiger partial charge in [-0.2, -0.15) is 19.9 Å². The van der Waals surface area contributed by atoms with Gasteiger partial charge in [-0.1, -0.05) is 0 Å². The van der Waals surface area contributed by atoms with Crippen LogP contribution in [0.3, 0.4) is 0 Å². The van der Waals surface area contributed by atoms with Gasteiger partial charge < -0.3 is 19.7 Å². The number of carbonyl (C=O) groups excluding carboxylic acids is 1. The van der Waals surface area contributed by atoms with Crippen molar-refractivity contribution in [1.29, 1.82) is 0 Å². The van der Waals surface area contributed by atoms with Crippen LogP contribution >= 0.6 is 0 Å². The number of hydrogen-bond donors (Lipinski definition) is 2. The summed E-state index contributed by atoms with van der Waals surface area (Å²) >= 11 is 0. The highest BCUT2D eigenvalue weighted by atomic mass is 19.1. The minimum absolute atomic E-state index is 0.0186. The Kier molecular flexibility index (Phi) is 6.81. The van der Waals surface area contributed by atoms with Crippen molar-refractivity contribution in [3.8, 4) is 11.5 Å². The first kappa shape index (κ1) is 26.3. The lowest BCUT2D eigenvalue weighted by Gasteiger charge is -2.36. The third-order valence-corrected chi connectivity index (χ3v) is 7.38. The summed E-state index contributed by atoms with van der Waals surface area (Å²) in [4.78, 5) is 24.0. The lowest BCUT2D eigenvalue weighted by atomic mass is 9.92. The molecule has 3 aromatic heterocycles. The van der Waals surface area contributed by atoms with Gasteiger partial charge in [-0.05, 0) is 38.0 Å². The molecule has 1 saturated heterocycles. The van der Waals surface area contributed by atoms with Gasteiger partial charge in [0.25, 0.3) is 5.91 Å². The van der Waals surface area contributed by atoms with Crippen LogP contribution in [0.2, 0.25) is 0 Å². The van der Waals surface area contributed by atoms with Crippen LogP contribution < -0.4 is 14.8 Å². The lowest BCUT2D eigenvalue weighted by molar-refractivity contribution is 0.0600. The molecule has 5 aromatic rings. The van der Waals surface area contributed by atoms with Crippen LogP contribution in [-0.4, -0.2) is 72.6 Å². The van der Waals surface area contributed by atoms with Crippen LogP contribution in [0, 0.1) is 11.6 Å². The van der Waals surface area contributed by atoms with Crippen LogP contribution in [-0.2, 0) is 6.54 Å². The van der Waals surface area contributed by atoms with Gasteiger partial charge in [-0.15, -0.1) is 5.10 Å². The van der Waals surface area contributed by atoms with Gasteiger partial charge in [0, 0.05) is 42.7 Å². The Morgan fingerprint density at radius 1 is 1.15 bits per heavy atom. The molecule has 1 fully saturated rings. The number of amides is 1. The molecule has 6 rings (SSSR count). The SMILES string of the molecule is COc1ccc(CNc2nc3c(F)cc(F)cc3c3nc([C@@H]4CC[C@H](C)N(C(=O)c5cn[nH]n5)C4)nn23)c(OC)c1. The number of anilines is 1. The zero-order valence-electron chi connectivity index (χ0n) is 22.6. The van der Waals surface area contributed by atoms with E-state index in [1.807, 2.05) is 13.0 Å². The molecule has 1 aliphatic rings. The van der Waals surface area contributed by atoms with Gasteiger partial charge in [-0.25, -0.2) is 18.7 Å². The van der Waals surface area contributed by atoms with Crippen LogP contribution in [0.1, 0.15) is 47.6 Å². The van der Waals surface area contributed by atoms with Crippen LogP contribution in [0.25, 0.3) is 16.6 Å². The number of halogens is 2. The molecule has 2 aromatic carbocycles. The van der Waals surface area contributed by atoms with Crippen LogP contribution in [0.5, 0.6) is 11.5 Å². The highest BCUT2D eigenvalue weighted by molar-refractivity contribution is 5.93. The van der Waals surface area contributed by atoms with Crippen molar-refractivity contribution in [2.45, 2.75) is 38.3 Å². The largest absolute Gasteiger partial charge is 0.497 e. The van der Waals surface area contributed by atoms with Crippen molar-refractivity contribution >= 4 is 28.4 Å². The summed E-state index contributed by atoms with van der Waals surface area (Å²) in [5, 5.41) is 18.2. The average molecular weight is 564 g/mol. The van der Waals surface area contributed by atoms with Crippen molar-refractivity contribution in [2.75, 3.05) is 26.1 Å². The molecular formula is C27H27F2N9O3. The molecule has 4 heterocycles. The smallest absolute Gasteiger partial charge is 0.276 e. The summed E-state index contributed by atoms with van der Waals surface area (Å²) in [5.41, 5.74) is 1.23. The standard InChI is InChI=1S/C27H27F2N9O3/c1-14-4-5-16(13-37(14)26(39)21-12-31-36-34-21)24-33-25-19-8-17(28)9-20(29)23(19)32-27(38(25)35-24)30-11-15-6-7-18(40-2)10-22(15)41-3/h6-10,12,14,16H,4-5,11,13H2,1-3H3,(H,30,32)(H,31,34,36)/t14-,16+/m0/s1. The summed E-state index contributed by atoms with van der Waals surface area (Å²) in [6.07, 6.45) is 2.83. The molecule has 212 valence electrons. The van der Waals surface area contributed by atoms with E-state index in [1.54, 1.807) is 31.3 Å². The predicted molar refractivity (Wildman–Crippen MR) is 144 cm³/mol. The number of benzene rings is 2. The molecule has 0 radical (unpaired) electrons. The number of aromatic nitrogens is 7. The molecule has 0 spiro atoms. The molecule has 1 amide bonds. The quantitative estimate of drug-likeness (QED) is 0.304. The zero-order chi connectivity index (χ0) is 28.7. The molecule has 1 aliphatic heterocycles. The summed E-state index contributed by atoms with van der Waals surface area (Å²) in [6.45, 7) is 2.59. The zero-order valence-corrected chi connectivity index (χ0v) is 22.6. The summed E-state index contributed by atoms with van der Waals surface area (Å²) in [5.74, 6) is -0.130. The number of piperidine rings is 1. The molecular weight excluding hydrogens is 536 g/mol. The highest BCUT2D eigenvalue weighted by Crippen LogP contribution is 2.32. The number of rotatable bonds is 7. The van der Waals surface area contributed by atoms with Crippen molar-refractivity contribution in [3.05, 3.63) is 65.2 Å². The van der Waals surface area contributed by atoms with Gasteiger partial charge >= 0.3 is 0 Å². The minimum atomic E-state index is -0.812. The lowest BCUT2D eigenvalue weighted by Crippen LogP contribution is -2.45. The van der Waals surface area contributed by atoms with E-state index in [0.717, 1.165) is 18.1 Å². The van der Waals surface area contributed by atoms with E-state index in [9.17, 15) is 13.6 Å². The fourth-order valence-corrected chi connectivity index (χ4v) is 5.17. The molecule has 14 heteroatoms. The third kappa shape index (κ3) is 4.85. The van der Waals surface area contributed by atoms with Crippen molar-refractivity contribution in [3.63, 3.8) is 0 Å². The number of nitrogens with zero attached hydrogens (tertiary/aromatic N) is 7. The van der Waals surface area contributed by atoms with E-state index in [4.69, 9.17) is 19.6 Å². The maximum atomic E-state index is 14.9. The van der Waals surface area contributed by atoms with Crippen molar-refractivity contribution in [1.82, 2.24) is 39.9 Å². The summed E-state index contributed by atoms with van der Waals surface area (Å²) < 4.78 is 41.4. The van der Waals surface area contributed by atoms with Gasteiger partial charge in [0.2, 0.25) is 5.95 Å². The Morgan fingerprint density at radius 3 is 2.76 bits per heavy atom. The topological polar surface area (TPSA) is 135 Å².